The number of halogens is 3. The lowest BCUT2D eigenvalue weighted by Crippen LogP contribution is -2.30. The molecule has 0 N–H and O–H groups in total. The number of hydrogen-bond acceptors (Lipinski definition) is 3. The monoisotopic (exact) mass is 317 g/mol. The summed E-state index contributed by atoms with van der Waals surface area (Å²) in [6.45, 7) is 1.73. The molecule has 1 aliphatic carbocycles. The van der Waals surface area contributed by atoms with Crippen LogP contribution in [-0.4, -0.2) is 16.1 Å². The Labute approximate surface area is 131 Å². The van der Waals surface area contributed by atoms with Crippen LogP contribution in [-0.2, 0) is 12.8 Å². The van der Waals surface area contributed by atoms with Crippen molar-refractivity contribution in [3.8, 4) is 17.5 Å². The molecule has 0 saturated heterocycles. The van der Waals surface area contributed by atoms with Crippen molar-refractivity contribution in [3.63, 3.8) is 0 Å². The fourth-order valence-electron chi connectivity index (χ4n) is 2.89. The van der Waals surface area contributed by atoms with Crippen LogP contribution in [0.15, 0.2) is 24.3 Å². The van der Waals surface area contributed by atoms with Gasteiger partial charge >= 0.3 is 6.18 Å². The van der Waals surface area contributed by atoms with E-state index in [2.05, 4.69) is 9.97 Å². The number of fused-ring (bicyclic) bond motifs is 1. The summed E-state index contributed by atoms with van der Waals surface area (Å²) in [5, 5.41) is 8.82. The van der Waals surface area contributed by atoms with Gasteiger partial charge in [0.15, 0.2) is 5.82 Å². The number of aromatic nitrogens is 2. The van der Waals surface area contributed by atoms with Crippen LogP contribution < -0.4 is 0 Å². The van der Waals surface area contributed by atoms with E-state index in [1.54, 1.807) is 31.2 Å². The summed E-state index contributed by atoms with van der Waals surface area (Å²) in [4.78, 5) is 8.82. The molecule has 0 spiro atoms. The molecule has 23 heavy (non-hydrogen) atoms. The Morgan fingerprint density at radius 3 is 2.48 bits per heavy atom. The van der Waals surface area contributed by atoms with Gasteiger partial charge in [0.2, 0.25) is 0 Å². The Balaban J connectivity index is 1.96. The van der Waals surface area contributed by atoms with Gasteiger partial charge in [0, 0.05) is 17.0 Å². The molecular weight excluding hydrogens is 303 g/mol. The Morgan fingerprint density at radius 1 is 1.17 bits per heavy atom. The SMILES string of the molecule is Cc1nc(-c2ccc(C#N)cc2)nc2c1CC(C(F)(F)F)CC2. The van der Waals surface area contributed by atoms with E-state index in [9.17, 15) is 13.2 Å². The summed E-state index contributed by atoms with van der Waals surface area (Å²) in [7, 11) is 0. The normalized spacial score (nSPS) is 17.4. The molecule has 1 aromatic carbocycles. The van der Waals surface area contributed by atoms with Crippen LogP contribution in [0.5, 0.6) is 0 Å². The Bertz CT molecular complexity index is 773. The second kappa shape index (κ2) is 5.65. The van der Waals surface area contributed by atoms with Crippen molar-refractivity contribution in [1.29, 1.82) is 5.26 Å². The third kappa shape index (κ3) is 3.04. The highest BCUT2D eigenvalue weighted by atomic mass is 19.4. The second-order valence-corrected chi connectivity index (χ2v) is 5.73. The number of hydrogen-bond donors (Lipinski definition) is 0. The molecule has 2 aromatic rings. The summed E-state index contributed by atoms with van der Waals surface area (Å²) in [5.74, 6) is -0.811. The van der Waals surface area contributed by atoms with E-state index in [0.717, 1.165) is 5.56 Å². The highest BCUT2D eigenvalue weighted by molar-refractivity contribution is 5.57. The van der Waals surface area contributed by atoms with E-state index < -0.39 is 12.1 Å². The maximum Gasteiger partial charge on any atom is 0.392 e. The number of benzene rings is 1. The van der Waals surface area contributed by atoms with Gasteiger partial charge in [-0.1, -0.05) is 0 Å². The first kappa shape index (κ1) is 15.5. The second-order valence-electron chi connectivity index (χ2n) is 5.73. The highest BCUT2D eigenvalue weighted by Crippen LogP contribution is 2.37. The van der Waals surface area contributed by atoms with Crippen molar-refractivity contribution in [1.82, 2.24) is 9.97 Å². The topological polar surface area (TPSA) is 49.6 Å². The largest absolute Gasteiger partial charge is 0.392 e. The van der Waals surface area contributed by atoms with Gasteiger partial charge in [-0.25, -0.2) is 9.97 Å². The Kier molecular flexibility index (Phi) is 3.80. The zero-order valence-electron chi connectivity index (χ0n) is 12.5. The van der Waals surface area contributed by atoms with Crippen molar-refractivity contribution >= 4 is 0 Å². The molecule has 3 nitrogen and oxygen atoms in total. The van der Waals surface area contributed by atoms with Crippen LogP contribution in [0, 0.1) is 24.2 Å². The number of alkyl halides is 3. The van der Waals surface area contributed by atoms with Crippen molar-refractivity contribution in [2.45, 2.75) is 32.4 Å². The van der Waals surface area contributed by atoms with Crippen LogP contribution in [0.4, 0.5) is 13.2 Å². The standard InChI is InChI=1S/C17H14F3N3/c1-10-14-8-13(17(18,19)20)6-7-15(14)23-16(22-10)12-4-2-11(9-21)3-5-12/h2-5,13H,6-8H2,1H3. The first-order valence-corrected chi connectivity index (χ1v) is 7.32. The molecule has 3 rings (SSSR count). The molecule has 1 aromatic heterocycles. The minimum absolute atomic E-state index is 0.0433. The number of nitrogens with zero attached hydrogens (tertiary/aromatic N) is 3. The van der Waals surface area contributed by atoms with Gasteiger partial charge in [0.05, 0.1) is 17.6 Å². The molecule has 0 amide bonds. The predicted octanol–water partition coefficient (Wildman–Crippen LogP) is 3.99. The van der Waals surface area contributed by atoms with E-state index in [0.29, 0.717) is 34.8 Å². The lowest BCUT2D eigenvalue weighted by atomic mass is 9.85. The molecular formula is C17H14F3N3. The molecule has 0 fully saturated rings. The average Bonchev–Trinajstić information content (AvgIpc) is 2.53. The molecule has 1 aliphatic rings. The van der Waals surface area contributed by atoms with Crippen LogP contribution in [0.3, 0.4) is 0 Å². The lowest BCUT2D eigenvalue weighted by Gasteiger charge is -2.27. The van der Waals surface area contributed by atoms with Gasteiger partial charge in [0.25, 0.3) is 0 Å². The van der Waals surface area contributed by atoms with Crippen molar-refractivity contribution in [2.75, 3.05) is 0 Å². The van der Waals surface area contributed by atoms with Crippen molar-refractivity contribution < 1.29 is 13.2 Å². The van der Waals surface area contributed by atoms with Gasteiger partial charge in [-0.3, -0.25) is 0 Å². The maximum absolute atomic E-state index is 12.9. The van der Waals surface area contributed by atoms with Gasteiger partial charge in [0.1, 0.15) is 0 Å². The average molecular weight is 317 g/mol. The predicted molar refractivity (Wildman–Crippen MR) is 78.5 cm³/mol. The van der Waals surface area contributed by atoms with E-state index >= 15 is 0 Å². The smallest absolute Gasteiger partial charge is 0.233 e. The summed E-state index contributed by atoms with van der Waals surface area (Å²) >= 11 is 0. The first-order valence-electron chi connectivity index (χ1n) is 7.32. The quantitative estimate of drug-likeness (QED) is 0.799. The zero-order valence-corrected chi connectivity index (χ0v) is 12.5. The molecule has 1 heterocycles. The molecule has 6 heteroatoms. The van der Waals surface area contributed by atoms with Gasteiger partial charge < -0.3 is 0 Å². The van der Waals surface area contributed by atoms with Gasteiger partial charge in [-0.15, -0.1) is 0 Å². The van der Waals surface area contributed by atoms with Gasteiger partial charge in [-0.05, 0) is 56.0 Å². The highest BCUT2D eigenvalue weighted by Gasteiger charge is 2.42. The van der Waals surface area contributed by atoms with Crippen LogP contribution >= 0.6 is 0 Å². The van der Waals surface area contributed by atoms with E-state index in [4.69, 9.17) is 5.26 Å². The zero-order chi connectivity index (χ0) is 16.6. The lowest BCUT2D eigenvalue weighted by molar-refractivity contribution is -0.177. The van der Waals surface area contributed by atoms with E-state index in [1.165, 1.54) is 0 Å². The fourth-order valence-corrected chi connectivity index (χ4v) is 2.89. The van der Waals surface area contributed by atoms with Crippen LogP contribution in [0.2, 0.25) is 0 Å². The van der Waals surface area contributed by atoms with Gasteiger partial charge in [-0.2, -0.15) is 18.4 Å². The molecule has 118 valence electrons. The first-order chi connectivity index (χ1) is 10.9. The fraction of sp³-hybridized carbons (Fsp3) is 0.353. The van der Waals surface area contributed by atoms with Crippen molar-refractivity contribution in [2.24, 2.45) is 5.92 Å². The van der Waals surface area contributed by atoms with Crippen LogP contribution in [0.1, 0.15) is 28.9 Å². The molecule has 0 saturated carbocycles. The molecule has 0 aliphatic heterocycles. The number of nitriles is 1. The molecule has 0 radical (unpaired) electrons. The molecule has 1 atom stereocenters. The minimum Gasteiger partial charge on any atom is -0.233 e. The Hall–Kier alpha value is -2.42. The van der Waals surface area contributed by atoms with Crippen molar-refractivity contribution in [3.05, 3.63) is 46.8 Å². The third-order valence-electron chi connectivity index (χ3n) is 4.21. The summed E-state index contributed by atoms with van der Waals surface area (Å²) in [6, 6.07) is 8.89. The summed E-state index contributed by atoms with van der Waals surface area (Å²) in [6.07, 6.45) is -3.83. The summed E-state index contributed by atoms with van der Waals surface area (Å²) in [5.41, 5.74) is 3.22. The van der Waals surface area contributed by atoms with Crippen LogP contribution in [0.25, 0.3) is 11.4 Å². The number of rotatable bonds is 1. The minimum atomic E-state index is -4.17. The number of aryl methyl sites for hydroxylation is 2. The molecule has 0 bridgehead atoms. The summed E-state index contributed by atoms with van der Waals surface area (Å²) < 4.78 is 38.7. The molecule has 1 unspecified atom stereocenters. The third-order valence-corrected chi connectivity index (χ3v) is 4.21. The van der Waals surface area contributed by atoms with E-state index in [1.807, 2.05) is 6.07 Å². The maximum atomic E-state index is 12.9. The van der Waals surface area contributed by atoms with E-state index in [-0.39, 0.29) is 12.8 Å². The Morgan fingerprint density at radius 2 is 1.87 bits per heavy atom.